The van der Waals surface area contributed by atoms with E-state index in [2.05, 4.69) is 136 Å². The van der Waals surface area contributed by atoms with Crippen LogP contribution in [0, 0.1) is 30.3 Å². The molecule has 3 aliphatic heterocycles. The molecule has 0 saturated carbocycles. The second-order valence-electron chi connectivity index (χ2n) is 27.9. The number of halogens is 7. The molecule has 0 aliphatic carbocycles. The van der Waals surface area contributed by atoms with Crippen molar-refractivity contribution in [1.82, 2.24) is 54.6 Å². The summed E-state index contributed by atoms with van der Waals surface area (Å²) in [5.74, 6) is 4.20. The number of nitrogens with two attached hydrogens (primary N) is 2. The molecule has 0 bridgehead atoms. The molecule has 0 unspecified atom stereocenters. The van der Waals surface area contributed by atoms with E-state index in [0.29, 0.717) is 99.2 Å². The molecular weight excluding hydrogens is 1750 g/mol. The molecule has 0 radical (unpaired) electrons. The van der Waals surface area contributed by atoms with Gasteiger partial charge in [0.25, 0.3) is 17.1 Å². The lowest BCUT2D eigenvalue weighted by molar-refractivity contribution is -0.385. The maximum absolute atomic E-state index is 11.7. The van der Waals surface area contributed by atoms with E-state index in [0.717, 1.165) is 135 Å². The number of ketones is 1. The lowest BCUT2D eigenvalue weighted by atomic mass is 10.1. The van der Waals surface area contributed by atoms with Gasteiger partial charge in [0, 0.05) is 183 Å². The minimum absolute atomic E-state index is 0.0123. The van der Waals surface area contributed by atoms with Crippen LogP contribution in [0.4, 0.5) is 80.5 Å². The van der Waals surface area contributed by atoms with Crippen LogP contribution in [0.15, 0.2) is 189 Å². The first-order valence-electron chi connectivity index (χ1n) is 38.6. The summed E-state index contributed by atoms with van der Waals surface area (Å²) in [5, 5.41) is 49.4. The number of hydrogen-bond acceptors (Lipinski definition) is 31. The zero-order valence-corrected chi connectivity index (χ0v) is 74.3. The Labute approximate surface area is 757 Å². The fraction of sp³-hybridized carbons (Fsp3) is 0.274. The lowest BCUT2D eigenvalue weighted by Gasteiger charge is -2.34. The van der Waals surface area contributed by atoms with Gasteiger partial charge in [-0.2, -0.15) is 15.0 Å². The molecule has 9 N–H and O–H groups in total. The number of ether oxygens (including phenoxy) is 3. The molecule has 0 atom stereocenters. The molecule has 3 aliphatic rings. The van der Waals surface area contributed by atoms with Crippen LogP contribution < -0.4 is 67.0 Å². The number of non-ortho nitro benzene ring substituents is 3. The van der Waals surface area contributed by atoms with Crippen molar-refractivity contribution in [1.29, 1.82) is 0 Å². The average Bonchev–Trinajstić information content (AvgIpc) is 0.824. The number of carbonyl (C=O) groups excluding carboxylic acids is 1. The van der Waals surface area contributed by atoms with E-state index in [4.69, 9.17) is 107 Å². The maximum Gasteiger partial charge on any atom is 0.269 e. The van der Waals surface area contributed by atoms with Crippen molar-refractivity contribution in [3.63, 3.8) is 0 Å². The van der Waals surface area contributed by atoms with Gasteiger partial charge < -0.3 is 81.7 Å². The molecule has 0 amide bonds. The Morgan fingerprint density at radius 3 is 1.17 bits per heavy atom. The van der Waals surface area contributed by atoms with E-state index < -0.39 is 14.8 Å². The Bertz CT molecular complexity index is 5470. The summed E-state index contributed by atoms with van der Waals surface area (Å²) in [5.41, 5.74) is 21.1. The first-order valence-corrected chi connectivity index (χ1v) is 41.3. The topological polar surface area (TPSA) is 409 Å². The average molecular weight is 1850 g/mol. The summed E-state index contributed by atoms with van der Waals surface area (Å²) in [6.45, 7) is 17.4. The quantitative estimate of drug-likeness (QED) is 0.00661. The van der Waals surface area contributed by atoms with Crippen molar-refractivity contribution in [2.75, 3.05) is 168 Å². The molecule has 11 aromatic rings. The number of aromatic nitrogens is 8. The van der Waals surface area contributed by atoms with Crippen LogP contribution in [-0.2, 0) is 37.4 Å². The third kappa shape index (κ3) is 30.7. The molecule has 41 heteroatoms. The second kappa shape index (κ2) is 48.8. The van der Waals surface area contributed by atoms with Gasteiger partial charge in [0.15, 0.2) is 22.6 Å². The van der Waals surface area contributed by atoms with Crippen LogP contribution in [0.1, 0.15) is 27.8 Å². The standard InChI is InChI=1S/C27H31ClN6O2.C23H26ClN7O3.C12H19N3O.C11H8Cl2N4O2.C7H8N2O2.C4HCl3N2/c1-4-22(35)15-19-6-5-7-20(14-19)17-29-26-23(28)18-30-27(32-26)31-24-9-8-21(16-25(24)36-3)34-12-10-33(2)11-13-34;1-29-8-10-30(11-9-29)17-6-7-20(21(13-17)34-2)27-23-26-15-19(24)22(28-23)25-14-16-4-3-5-18(12-16)31(32)33;1-14-5-7-15(8-6-14)10-3-4-11(13)12(9-10)16-2;12-9-6-15-11(13)16-10(9)14-5-7-2-1-3-8(4-7)17(18)19;8-5-6-2-1-3-7(4-6)9(10)11;5-2-1-8-4(7)9-3(2)6/h4-9,14,16,18H,1,10-13,15,17H2,2-3H3,(H2,29,30,31,32);3-7,12-13,15H,8-11,14H2,1-2H3,(H2,25,26,27,28);3-4,9H,5-8,13H2,1-2H3;1-4,6H,5H2,(H,14,15,16);1-4H,5,8H2;1H. The molecule has 0 spiro atoms. The predicted molar refractivity (Wildman–Crippen MR) is 497 cm³/mol. The third-order valence-electron chi connectivity index (χ3n) is 19.1. The van der Waals surface area contributed by atoms with E-state index in [1.807, 2.05) is 66.7 Å². The molecule has 14 rings (SSSR count). The second-order valence-corrected chi connectivity index (χ2v) is 30.6. The molecule has 125 heavy (non-hydrogen) atoms. The molecule has 7 aromatic carbocycles. The Kier molecular flexibility index (Phi) is 37.8. The zero-order chi connectivity index (χ0) is 90.1. The fourth-order valence-corrected chi connectivity index (χ4v) is 13.2. The number of nitro groups is 3. The molecule has 4 aromatic heterocycles. The SMILES string of the molecule is C=CC(=O)Cc1cccc(CNc2nc(Nc3ccc(N4CCN(C)CC4)cc3OC)ncc2Cl)c1.COc1cc(N2CCN(C)CC2)ccc1N.COc1cc(N2CCN(C)CC2)ccc1Nc1ncc(Cl)c(NCc2cccc([N+](=O)[O-])c2)n1.Clc1ncc(Cl)c(Cl)n1.NCc1cccc([N+](=O)[O-])c1.O=[N+]([O-])c1cccc(CNc2nc(Cl)ncc2Cl)c1. The molecule has 3 fully saturated rings. The Balaban J connectivity index is 0.000000181. The molecule has 3 saturated heterocycles. The van der Waals surface area contributed by atoms with E-state index in [9.17, 15) is 35.1 Å². The highest BCUT2D eigenvalue weighted by molar-refractivity contribution is 6.41. The highest BCUT2D eigenvalue weighted by Crippen LogP contribution is 2.36. The fourth-order valence-electron chi connectivity index (χ4n) is 12.2. The van der Waals surface area contributed by atoms with Crippen LogP contribution in [0.5, 0.6) is 17.2 Å². The van der Waals surface area contributed by atoms with Crippen LogP contribution >= 0.6 is 81.2 Å². The van der Waals surface area contributed by atoms with E-state index in [1.165, 1.54) is 66.8 Å². The van der Waals surface area contributed by atoms with E-state index in [1.54, 1.807) is 63.9 Å². The van der Waals surface area contributed by atoms with Crippen LogP contribution in [0.3, 0.4) is 0 Å². The first-order chi connectivity index (χ1) is 60.1. The number of allylic oxidation sites excluding steroid dienone is 1. The van der Waals surface area contributed by atoms with E-state index in [-0.39, 0.29) is 38.6 Å². The lowest BCUT2D eigenvalue weighted by Crippen LogP contribution is -2.44. The van der Waals surface area contributed by atoms with Crippen LogP contribution in [-0.4, -0.2) is 196 Å². The predicted octanol–water partition coefficient (Wildman–Crippen LogP) is 16.5. The van der Waals surface area contributed by atoms with Gasteiger partial charge in [0.05, 0.1) is 83.0 Å². The minimum Gasteiger partial charge on any atom is -0.495 e. The van der Waals surface area contributed by atoms with E-state index >= 15 is 0 Å². The summed E-state index contributed by atoms with van der Waals surface area (Å²) in [7, 11) is 11.4. The van der Waals surface area contributed by atoms with Crippen molar-refractivity contribution in [3.05, 3.63) is 283 Å². The molecule has 658 valence electrons. The van der Waals surface area contributed by atoms with Crippen molar-refractivity contribution < 1.29 is 33.8 Å². The summed E-state index contributed by atoms with van der Waals surface area (Å²) in [4.78, 5) is 88.7. The Morgan fingerprint density at radius 1 is 0.440 bits per heavy atom. The number of benzene rings is 7. The third-order valence-corrected chi connectivity index (χ3v) is 21.0. The number of nitrogen functional groups attached to an aromatic ring is 1. The van der Waals surface area contributed by atoms with Crippen molar-refractivity contribution in [2.45, 2.75) is 32.6 Å². The van der Waals surface area contributed by atoms with Gasteiger partial charge >= 0.3 is 0 Å². The Morgan fingerprint density at radius 2 is 0.784 bits per heavy atom. The van der Waals surface area contributed by atoms with Gasteiger partial charge in [0.1, 0.15) is 38.1 Å². The van der Waals surface area contributed by atoms with Gasteiger partial charge in [-0.25, -0.2) is 24.9 Å². The number of methoxy groups -OCH3 is 3. The van der Waals surface area contributed by atoms with Gasteiger partial charge in [-0.15, -0.1) is 0 Å². The van der Waals surface area contributed by atoms with Crippen molar-refractivity contribution in [3.8, 4) is 17.2 Å². The van der Waals surface area contributed by atoms with Crippen molar-refractivity contribution in [2.24, 2.45) is 5.73 Å². The maximum atomic E-state index is 11.7. The summed E-state index contributed by atoms with van der Waals surface area (Å²) < 4.78 is 16.5. The highest BCUT2D eigenvalue weighted by Gasteiger charge is 2.22. The van der Waals surface area contributed by atoms with Gasteiger partial charge in [-0.1, -0.05) is 125 Å². The molecule has 7 heterocycles. The normalized spacial score (nSPS) is 13.1. The highest BCUT2D eigenvalue weighted by atomic mass is 35.5. The number of nitrogens with one attached hydrogen (secondary N) is 5. The summed E-state index contributed by atoms with van der Waals surface area (Å²) in [6.07, 6.45) is 7.46. The van der Waals surface area contributed by atoms with Gasteiger partial charge in [0.2, 0.25) is 22.5 Å². The Hall–Kier alpha value is -12.1. The number of rotatable bonds is 26. The van der Waals surface area contributed by atoms with Gasteiger partial charge in [-0.3, -0.25) is 35.1 Å². The summed E-state index contributed by atoms with van der Waals surface area (Å²) in [6, 6.07) is 44.9. The number of nitrogens with zero attached hydrogens (tertiary/aromatic N) is 17. The van der Waals surface area contributed by atoms with Crippen molar-refractivity contribution >= 4 is 168 Å². The van der Waals surface area contributed by atoms with Crippen LogP contribution in [0.25, 0.3) is 0 Å². The minimum atomic E-state index is -0.446. The smallest absolute Gasteiger partial charge is 0.269 e. The molecular formula is C84H93Cl7N24O10. The zero-order valence-electron chi connectivity index (χ0n) is 69.0. The summed E-state index contributed by atoms with van der Waals surface area (Å²) >= 11 is 40.4. The molecule has 34 nitrogen and oxygen atoms in total. The largest absolute Gasteiger partial charge is 0.495 e. The number of hydrogen-bond donors (Lipinski definition) is 7. The first kappa shape index (κ1) is 96.8. The van der Waals surface area contributed by atoms with Crippen LogP contribution in [0.2, 0.25) is 35.8 Å². The number of anilines is 11. The number of carbonyl (C=O) groups is 1. The number of nitro benzene ring substituents is 3. The number of likely N-dealkylation sites (N-methyl/N-ethyl adjacent to an activating group) is 3. The van der Waals surface area contributed by atoms with Gasteiger partial charge in [-0.05, 0) is 115 Å². The monoisotopic (exact) mass is 1840 g/mol. The number of piperazine rings is 3.